The molecule has 0 saturated carbocycles. The monoisotopic (exact) mass is 293 g/mol. The van der Waals surface area contributed by atoms with Crippen LogP contribution in [0.25, 0.3) is 0 Å². The second kappa shape index (κ2) is 7.21. The van der Waals surface area contributed by atoms with Crippen molar-refractivity contribution in [2.24, 2.45) is 0 Å². The second-order valence-corrected chi connectivity index (χ2v) is 5.16. The first-order valence-electron chi connectivity index (χ1n) is 7.53. The fourth-order valence-electron chi connectivity index (χ4n) is 2.77. The fraction of sp³-hybridized carbons (Fsp3) is 0.643. The SMILES string of the molecule is CCNc1ccc([N+](=O)[O-])c(NCC2CCCN2CC)n1. The van der Waals surface area contributed by atoms with Crippen molar-refractivity contribution in [3.8, 4) is 0 Å². The number of anilines is 2. The molecule has 0 radical (unpaired) electrons. The molecule has 0 amide bonds. The number of pyridine rings is 1. The van der Waals surface area contributed by atoms with Crippen LogP contribution in [0.15, 0.2) is 12.1 Å². The van der Waals surface area contributed by atoms with Gasteiger partial charge in [0.25, 0.3) is 0 Å². The van der Waals surface area contributed by atoms with Crippen molar-refractivity contribution in [2.75, 3.05) is 36.8 Å². The average Bonchev–Trinajstić information content (AvgIpc) is 2.92. The zero-order chi connectivity index (χ0) is 15.2. The number of nitrogens with one attached hydrogen (secondary N) is 2. The molecule has 7 heteroatoms. The highest BCUT2D eigenvalue weighted by atomic mass is 16.6. The summed E-state index contributed by atoms with van der Waals surface area (Å²) in [5.41, 5.74) is 0.0256. The van der Waals surface area contributed by atoms with Crippen LogP contribution < -0.4 is 10.6 Å². The van der Waals surface area contributed by atoms with E-state index in [4.69, 9.17) is 0 Å². The van der Waals surface area contributed by atoms with Gasteiger partial charge in [-0.3, -0.25) is 15.0 Å². The third-order valence-corrected chi connectivity index (χ3v) is 3.84. The molecule has 2 N–H and O–H groups in total. The molecule has 7 nitrogen and oxygen atoms in total. The second-order valence-electron chi connectivity index (χ2n) is 5.16. The number of likely N-dealkylation sites (N-methyl/N-ethyl adjacent to an activating group) is 1. The summed E-state index contributed by atoms with van der Waals surface area (Å²) in [5.74, 6) is 1.01. The van der Waals surface area contributed by atoms with Crippen molar-refractivity contribution in [2.45, 2.75) is 32.7 Å². The van der Waals surface area contributed by atoms with E-state index in [-0.39, 0.29) is 5.69 Å². The first kappa shape index (κ1) is 15.5. The van der Waals surface area contributed by atoms with Crippen molar-refractivity contribution in [3.63, 3.8) is 0 Å². The number of nitrogens with zero attached hydrogens (tertiary/aromatic N) is 3. The van der Waals surface area contributed by atoms with Crippen LogP contribution >= 0.6 is 0 Å². The van der Waals surface area contributed by atoms with Gasteiger partial charge in [0.15, 0.2) is 0 Å². The molecular weight excluding hydrogens is 270 g/mol. The summed E-state index contributed by atoms with van der Waals surface area (Å²) in [6, 6.07) is 3.57. The molecule has 0 spiro atoms. The Morgan fingerprint density at radius 3 is 2.90 bits per heavy atom. The van der Waals surface area contributed by atoms with Crippen LogP contribution in [0, 0.1) is 10.1 Å². The largest absolute Gasteiger partial charge is 0.370 e. The van der Waals surface area contributed by atoms with E-state index < -0.39 is 4.92 Å². The Labute approximate surface area is 124 Å². The van der Waals surface area contributed by atoms with Crippen LogP contribution in [-0.2, 0) is 0 Å². The minimum Gasteiger partial charge on any atom is -0.370 e. The summed E-state index contributed by atoms with van der Waals surface area (Å²) in [7, 11) is 0. The zero-order valence-corrected chi connectivity index (χ0v) is 12.6. The number of hydrogen-bond acceptors (Lipinski definition) is 6. The van der Waals surface area contributed by atoms with Crippen LogP contribution in [0.1, 0.15) is 26.7 Å². The van der Waals surface area contributed by atoms with Gasteiger partial charge in [-0.2, -0.15) is 0 Å². The molecule has 1 aromatic heterocycles. The molecule has 1 atom stereocenters. The maximum absolute atomic E-state index is 11.1. The van der Waals surface area contributed by atoms with Gasteiger partial charge in [-0.25, -0.2) is 4.98 Å². The van der Waals surface area contributed by atoms with Crippen molar-refractivity contribution in [1.82, 2.24) is 9.88 Å². The van der Waals surface area contributed by atoms with Crippen molar-refractivity contribution < 1.29 is 4.92 Å². The molecule has 2 rings (SSSR count). The minimum atomic E-state index is -0.392. The van der Waals surface area contributed by atoms with E-state index in [1.165, 1.54) is 12.5 Å². The first-order valence-corrected chi connectivity index (χ1v) is 7.53. The highest BCUT2D eigenvalue weighted by Crippen LogP contribution is 2.25. The lowest BCUT2D eigenvalue weighted by molar-refractivity contribution is -0.384. The predicted molar refractivity (Wildman–Crippen MR) is 83.8 cm³/mol. The van der Waals surface area contributed by atoms with Gasteiger partial charge >= 0.3 is 5.69 Å². The maximum Gasteiger partial charge on any atom is 0.311 e. The average molecular weight is 293 g/mol. The van der Waals surface area contributed by atoms with Crippen LogP contribution in [0.4, 0.5) is 17.3 Å². The lowest BCUT2D eigenvalue weighted by Crippen LogP contribution is -2.34. The third kappa shape index (κ3) is 3.81. The summed E-state index contributed by atoms with van der Waals surface area (Å²) >= 11 is 0. The van der Waals surface area contributed by atoms with E-state index in [9.17, 15) is 10.1 Å². The minimum absolute atomic E-state index is 0.0256. The standard InChI is InChI=1S/C14H23N5O2/c1-3-15-13-8-7-12(19(20)21)14(17-13)16-10-11-6-5-9-18(11)4-2/h7-8,11H,3-6,9-10H2,1-2H3,(H2,15,16,17). The Kier molecular flexibility index (Phi) is 5.32. The first-order chi connectivity index (χ1) is 10.2. The van der Waals surface area contributed by atoms with Gasteiger partial charge in [0.1, 0.15) is 5.82 Å². The number of rotatable bonds is 7. The van der Waals surface area contributed by atoms with Crippen LogP contribution in [0.3, 0.4) is 0 Å². The lowest BCUT2D eigenvalue weighted by atomic mass is 10.2. The fourth-order valence-corrected chi connectivity index (χ4v) is 2.77. The molecule has 1 aromatic rings. The summed E-state index contributed by atoms with van der Waals surface area (Å²) in [4.78, 5) is 17.4. The Bertz CT molecular complexity index is 494. The normalized spacial score (nSPS) is 18.7. The van der Waals surface area contributed by atoms with E-state index in [0.717, 1.165) is 26.1 Å². The van der Waals surface area contributed by atoms with Gasteiger partial charge in [0, 0.05) is 25.2 Å². The Morgan fingerprint density at radius 1 is 1.43 bits per heavy atom. The number of hydrogen-bond donors (Lipinski definition) is 2. The van der Waals surface area contributed by atoms with Crippen molar-refractivity contribution >= 4 is 17.3 Å². The molecule has 116 valence electrons. The molecule has 1 unspecified atom stereocenters. The molecular formula is C14H23N5O2. The van der Waals surface area contributed by atoms with Gasteiger partial charge < -0.3 is 10.6 Å². The Morgan fingerprint density at radius 2 is 2.24 bits per heavy atom. The highest BCUT2D eigenvalue weighted by Gasteiger charge is 2.24. The number of likely N-dealkylation sites (tertiary alicyclic amines) is 1. The molecule has 1 aliphatic rings. The zero-order valence-electron chi connectivity index (χ0n) is 12.6. The molecule has 0 aliphatic carbocycles. The van der Waals surface area contributed by atoms with Crippen LogP contribution in [-0.4, -0.2) is 47.0 Å². The van der Waals surface area contributed by atoms with Crippen LogP contribution in [0.2, 0.25) is 0 Å². The Balaban J connectivity index is 2.09. The Hall–Kier alpha value is -1.89. The molecule has 21 heavy (non-hydrogen) atoms. The van der Waals surface area contributed by atoms with E-state index in [1.54, 1.807) is 6.07 Å². The summed E-state index contributed by atoms with van der Waals surface area (Å²) < 4.78 is 0. The summed E-state index contributed by atoms with van der Waals surface area (Å²) in [6.45, 7) is 7.65. The quantitative estimate of drug-likeness (QED) is 0.593. The molecule has 1 saturated heterocycles. The number of nitro groups is 1. The van der Waals surface area contributed by atoms with Crippen molar-refractivity contribution in [3.05, 3.63) is 22.2 Å². The lowest BCUT2D eigenvalue weighted by Gasteiger charge is -2.23. The maximum atomic E-state index is 11.1. The van der Waals surface area contributed by atoms with E-state index in [0.29, 0.717) is 24.2 Å². The van der Waals surface area contributed by atoms with E-state index in [2.05, 4.69) is 27.4 Å². The summed E-state index contributed by atoms with van der Waals surface area (Å²) in [6.07, 6.45) is 2.31. The number of aromatic nitrogens is 1. The van der Waals surface area contributed by atoms with E-state index in [1.807, 2.05) is 6.92 Å². The molecule has 1 fully saturated rings. The molecule has 0 aromatic carbocycles. The highest BCUT2D eigenvalue weighted by molar-refractivity contribution is 5.60. The third-order valence-electron chi connectivity index (χ3n) is 3.84. The van der Waals surface area contributed by atoms with E-state index >= 15 is 0 Å². The topological polar surface area (TPSA) is 83.3 Å². The van der Waals surface area contributed by atoms with Gasteiger partial charge in [0.05, 0.1) is 4.92 Å². The molecule has 2 heterocycles. The molecule has 0 bridgehead atoms. The van der Waals surface area contributed by atoms with Gasteiger partial charge in [-0.05, 0) is 38.9 Å². The van der Waals surface area contributed by atoms with Gasteiger partial charge in [-0.15, -0.1) is 0 Å². The van der Waals surface area contributed by atoms with Crippen LogP contribution in [0.5, 0.6) is 0 Å². The predicted octanol–water partition coefficient (Wildman–Crippen LogP) is 2.32. The van der Waals surface area contributed by atoms with Gasteiger partial charge in [0.2, 0.25) is 5.82 Å². The smallest absolute Gasteiger partial charge is 0.311 e. The summed E-state index contributed by atoms with van der Waals surface area (Å²) in [5, 5.41) is 17.3. The van der Waals surface area contributed by atoms with Crippen molar-refractivity contribution in [1.29, 1.82) is 0 Å². The molecule has 1 aliphatic heterocycles. The van der Waals surface area contributed by atoms with Gasteiger partial charge in [-0.1, -0.05) is 6.92 Å².